The van der Waals surface area contributed by atoms with Gasteiger partial charge < -0.3 is 9.13 Å². The molecule has 0 atom stereocenters. The first-order valence-electron chi connectivity index (χ1n) is 19.6. The molecular formula is C53H33N5. The summed E-state index contributed by atoms with van der Waals surface area (Å²) in [7, 11) is 0. The molecule has 0 unspecified atom stereocenters. The summed E-state index contributed by atoms with van der Waals surface area (Å²) in [4.78, 5) is 15.1. The molecule has 0 aliphatic heterocycles. The molecule has 5 heteroatoms. The third-order valence-electron chi connectivity index (χ3n) is 11.5. The summed E-state index contributed by atoms with van der Waals surface area (Å²) >= 11 is 0. The fraction of sp³-hybridized carbons (Fsp3) is 0. The van der Waals surface area contributed by atoms with Crippen LogP contribution in [0.1, 0.15) is 0 Å². The number of benzene rings is 9. The molecule has 0 spiro atoms. The number of nitrogens with zero attached hydrogens (tertiary/aromatic N) is 5. The van der Waals surface area contributed by atoms with Crippen molar-refractivity contribution in [3.05, 3.63) is 200 Å². The van der Waals surface area contributed by atoms with E-state index >= 15 is 0 Å². The van der Waals surface area contributed by atoms with E-state index in [2.05, 4.69) is 149 Å². The van der Waals surface area contributed by atoms with Crippen molar-refractivity contribution >= 4 is 65.2 Å². The van der Waals surface area contributed by atoms with Crippen LogP contribution in [0.5, 0.6) is 0 Å². The van der Waals surface area contributed by atoms with Crippen molar-refractivity contribution in [1.82, 2.24) is 24.1 Å². The number of para-hydroxylation sites is 1. The van der Waals surface area contributed by atoms with E-state index in [4.69, 9.17) is 15.0 Å². The molecule has 0 radical (unpaired) electrons. The van der Waals surface area contributed by atoms with Gasteiger partial charge in [-0.1, -0.05) is 146 Å². The number of hydrogen-bond donors (Lipinski definition) is 0. The molecule has 0 aliphatic rings. The van der Waals surface area contributed by atoms with Gasteiger partial charge in [0, 0.05) is 49.6 Å². The highest BCUT2D eigenvalue weighted by Crippen LogP contribution is 2.40. The largest absolute Gasteiger partial charge is 0.309 e. The van der Waals surface area contributed by atoms with Crippen LogP contribution in [0.2, 0.25) is 0 Å². The van der Waals surface area contributed by atoms with Crippen LogP contribution in [0.25, 0.3) is 111 Å². The van der Waals surface area contributed by atoms with Gasteiger partial charge in [0.15, 0.2) is 17.5 Å². The fourth-order valence-electron chi connectivity index (χ4n) is 8.85. The lowest BCUT2D eigenvalue weighted by Gasteiger charge is -2.12. The molecule has 0 saturated carbocycles. The minimum absolute atomic E-state index is 0.627. The maximum Gasteiger partial charge on any atom is 0.164 e. The smallest absolute Gasteiger partial charge is 0.164 e. The van der Waals surface area contributed by atoms with Crippen molar-refractivity contribution in [2.24, 2.45) is 0 Å². The van der Waals surface area contributed by atoms with Gasteiger partial charge in [-0.15, -0.1) is 0 Å². The number of aromatic nitrogens is 5. The van der Waals surface area contributed by atoms with Crippen LogP contribution in [0, 0.1) is 0 Å². The highest BCUT2D eigenvalue weighted by molar-refractivity contribution is 6.21. The SMILES string of the molecule is c1ccc(-c2nc(-c3ccccc3)nc(-c3cccc(-n4c5ccc(-n6c7ccccc7c7c8ccccc8ccc76)cc5c5cc6ccccc6cc54)c3)n2)cc1. The highest BCUT2D eigenvalue weighted by atomic mass is 15.0. The van der Waals surface area contributed by atoms with Crippen molar-refractivity contribution in [3.63, 3.8) is 0 Å². The van der Waals surface area contributed by atoms with Crippen molar-refractivity contribution in [2.75, 3.05) is 0 Å². The number of rotatable bonds is 5. The monoisotopic (exact) mass is 739 g/mol. The Kier molecular flexibility index (Phi) is 7.16. The van der Waals surface area contributed by atoms with Crippen LogP contribution in [-0.2, 0) is 0 Å². The highest BCUT2D eigenvalue weighted by Gasteiger charge is 2.19. The standard InChI is InChI=1S/C53H33N5/c1-3-15-35(16-4-1)51-54-52(36-17-5-2-6-18-36)56-53(55-51)39-21-13-22-40(30-39)58-47-29-27-41(33-45(47)44-31-37-19-7-8-20-38(37)32-49(44)58)57-46-25-12-11-24-43(46)50-42-23-10-9-14-34(42)26-28-48(50)57/h1-33H. The van der Waals surface area contributed by atoms with Crippen LogP contribution in [-0.4, -0.2) is 24.1 Å². The molecule has 9 aromatic carbocycles. The zero-order valence-corrected chi connectivity index (χ0v) is 31.3. The first-order valence-corrected chi connectivity index (χ1v) is 19.6. The summed E-state index contributed by atoms with van der Waals surface area (Å²) in [5.41, 5.74) is 9.63. The molecular weight excluding hydrogens is 707 g/mol. The molecule has 0 saturated heterocycles. The van der Waals surface area contributed by atoms with Crippen LogP contribution < -0.4 is 0 Å². The average molecular weight is 740 g/mol. The molecule has 0 amide bonds. The molecule has 0 fully saturated rings. The molecule has 3 aromatic heterocycles. The zero-order valence-electron chi connectivity index (χ0n) is 31.3. The Morgan fingerprint density at radius 2 is 0.793 bits per heavy atom. The zero-order chi connectivity index (χ0) is 38.2. The first-order chi connectivity index (χ1) is 28.7. The first kappa shape index (κ1) is 32.4. The second kappa shape index (κ2) is 12.8. The Morgan fingerprint density at radius 1 is 0.276 bits per heavy atom. The van der Waals surface area contributed by atoms with Gasteiger partial charge in [-0.25, -0.2) is 15.0 Å². The van der Waals surface area contributed by atoms with E-state index in [0.717, 1.165) is 39.1 Å². The third-order valence-corrected chi connectivity index (χ3v) is 11.5. The normalized spacial score (nSPS) is 11.8. The van der Waals surface area contributed by atoms with Crippen molar-refractivity contribution < 1.29 is 0 Å². The molecule has 3 heterocycles. The Bertz CT molecular complexity index is 3510. The van der Waals surface area contributed by atoms with Gasteiger partial charge in [-0.2, -0.15) is 0 Å². The van der Waals surface area contributed by atoms with E-state index in [-0.39, 0.29) is 0 Å². The molecule has 0 N–H and O–H groups in total. The fourth-order valence-corrected chi connectivity index (χ4v) is 8.85. The minimum Gasteiger partial charge on any atom is -0.309 e. The average Bonchev–Trinajstić information content (AvgIpc) is 3.81. The summed E-state index contributed by atoms with van der Waals surface area (Å²) in [5, 5.41) is 9.84. The third kappa shape index (κ3) is 5.07. The molecule has 270 valence electrons. The summed E-state index contributed by atoms with van der Waals surface area (Å²) in [6.45, 7) is 0. The van der Waals surface area contributed by atoms with Crippen molar-refractivity contribution in [3.8, 4) is 45.5 Å². The Morgan fingerprint density at radius 3 is 1.53 bits per heavy atom. The Balaban J connectivity index is 1.09. The van der Waals surface area contributed by atoms with Crippen LogP contribution >= 0.6 is 0 Å². The minimum atomic E-state index is 0.627. The lowest BCUT2D eigenvalue weighted by Crippen LogP contribution is -2.01. The van der Waals surface area contributed by atoms with Gasteiger partial charge in [0.1, 0.15) is 0 Å². The van der Waals surface area contributed by atoms with E-state index in [1.807, 2.05) is 60.7 Å². The maximum atomic E-state index is 5.06. The van der Waals surface area contributed by atoms with Gasteiger partial charge in [0.05, 0.1) is 22.1 Å². The molecule has 12 aromatic rings. The quantitative estimate of drug-likeness (QED) is 0.177. The van der Waals surface area contributed by atoms with E-state index < -0.39 is 0 Å². The summed E-state index contributed by atoms with van der Waals surface area (Å²) in [5.74, 6) is 1.91. The van der Waals surface area contributed by atoms with Crippen LogP contribution in [0.3, 0.4) is 0 Å². The predicted molar refractivity (Wildman–Crippen MR) is 240 cm³/mol. The Labute approximate surface area is 333 Å². The van der Waals surface area contributed by atoms with Gasteiger partial charge in [0.2, 0.25) is 0 Å². The van der Waals surface area contributed by atoms with Crippen LogP contribution in [0.4, 0.5) is 0 Å². The lowest BCUT2D eigenvalue weighted by atomic mass is 10.0. The van der Waals surface area contributed by atoms with Gasteiger partial charge in [0.25, 0.3) is 0 Å². The van der Waals surface area contributed by atoms with E-state index in [1.54, 1.807) is 0 Å². The van der Waals surface area contributed by atoms with Gasteiger partial charge >= 0.3 is 0 Å². The topological polar surface area (TPSA) is 48.5 Å². The van der Waals surface area contributed by atoms with E-state index in [1.165, 1.54) is 54.1 Å². The molecule has 0 aliphatic carbocycles. The van der Waals surface area contributed by atoms with Crippen molar-refractivity contribution in [1.29, 1.82) is 0 Å². The van der Waals surface area contributed by atoms with Crippen molar-refractivity contribution in [2.45, 2.75) is 0 Å². The second-order valence-electron chi connectivity index (χ2n) is 14.9. The predicted octanol–water partition coefficient (Wildman–Crippen LogP) is 13.4. The molecule has 58 heavy (non-hydrogen) atoms. The summed E-state index contributed by atoms with van der Waals surface area (Å²) in [6, 6.07) is 71.1. The van der Waals surface area contributed by atoms with Gasteiger partial charge in [-0.05, 0) is 76.1 Å². The maximum absolute atomic E-state index is 5.06. The lowest BCUT2D eigenvalue weighted by molar-refractivity contribution is 1.07. The second-order valence-corrected chi connectivity index (χ2v) is 14.9. The van der Waals surface area contributed by atoms with E-state index in [9.17, 15) is 0 Å². The summed E-state index contributed by atoms with van der Waals surface area (Å²) in [6.07, 6.45) is 0. The number of fused-ring (bicyclic) bond motifs is 9. The Hall–Kier alpha value is -7.89. The molecule has 0 bridgehead atoms. The summed E-state index contributed by atoms with van der Waals surface area (Å²) < 4.78 is 4.82. The molecule has 5 nitrogen and oxygen atoms in total. The van der Waals surface area contributed by atoms with E-state index in [0.29, 0.717) is 17.5 Å². The number of hydrogen-bond acceptors (Lipinski definition) is 3. The molecule has 12 rings (SSSR count). The van der Waals surface area contributed by atoms with Gasteiger partial charge in [-0.3, -0.25) is 0 Å². The van der Waals surface area contributed by atoms with Crippen LogP contribution in [0.15, 0.2) is 200 Å².